The lowest BCUT2D eigenvalue weighted by Crippen LogP contribution is -1.89. The molecule has 0 spiro atoms. The predicted octanol–water partition coefficient (Wildman–Crippen LogP) is 3.03. The molecule has 3 rings (SSSR count). The minimum atomic E-state index is 0.356. The third-order valence-corrected chi connectivity index (χ3v) is 2.68. The van der Waals surface area contributed by atoms with Gasteiger partial charge in [-0.3, -0.25) is 0 Å². The van der Waals surface area contributed by atoms with Crippen LogP contribution < -0.4 is 0 Å². The number of ether oxygens (including phenoxy) is 1. The molecule has 2 nitrogen and oxygen atoms in total. The summed E-state index contributed by atoms with van der Waals surface area (Å²) in [6, 6.07) is 7.80. The number of hydrogen-bond donors (Lipinski definition) is 0. The molecule has 1 fully saturated rings. The Bertz CT molecular complexity index is 471. The fraction of sp³-hybridized carbons (Fsp3) is 0.273. The molecule has 1 aliphatic heterocycles. The molecule has 1 atom stereocenters. The highest BCUT2D eigenvalue weighted by atomic mass is 35.5. The van der Waals surface area contributed by atoms with Gasteiger partial charge in [0, 0.05) is 11.8 Å². The van der Waals surface area contributed by atoms with Crippen LogP contribution in [0.2, 0.25) is 5.02 Å². The molecule has 0 radical (unpaired) electrons. The number of rotatable bonds is 2. The van der Waals surface area contributed by atoms with Crippen LogP contribution >= 0.6 is 11.6 Å². The first-order valence-electron chi connectivity index (χ1n) is 4.61. The van der Waals surface area contributed by atoms with E-state index >= 15 is 0 Å². The minimum Gasteiger partial charge on any atom is -0.459 e. The zero-order valence-electron chi connectivity index (χ0n) is 7.50. The van der Waals surface area contributed by atoms with Crippen molar-refractivity contribution in [2.24, 2.45) is 0 Å². The highest BCUT2D eigenvalue weighted by Crippen LogP contribution is 2.28. The van der Waals surface area contributed by atoms with Gasteiger partial charge in [0.05, 0.1) is 17.7 Å². The highest BCUT2D eigenvalue weighted by Gasteiger charge is 2.24. The van der Waals surface area contributed by atoms with Crippen molar-refractivity contribution in [2.75, 3.05) is 6.61 Å². The highest BCUT2D eigenvalue weighted by molar-refractivity contribution is 6.34. The van der Waals surface area contributed by atoms with Gasteiger partial charge in [-0.15, -0.1) is 0 Å². The molecule has 1 unspecified atom stereocenters. The van der Waals surface area contributed by atoms with Gasteiger partial charge in [-0.1, -0.05) is 23.7 Å². The summed E-state index contributed by atoms with van der Waals surface area (Å²) in [7, 11) is 0. The van der Waals surface area contributed by atoms with Crippen molar-refractivity contribution in [1.29, 1.82) is 0 Å². The van der Waals surface area contributed by atoms with E-state index in [-0.39, 0.29) is 0 Å². The predicted molar refractivity (Wildman–Crippen MR) is 54.7 cm³/mol. The monoisotopic (exact) mass is 208 g/mol. The summed E-state index contributed by atoms with van der Waals surface area (Å²) in [5.41, 5.74) is 0.782. The van der Waals surface area contributed by atoms with Crippen LogP contribution in [0.15, 0.2) is 28.7 Å². The Morgan fingerprint density at radius 2 is 2.29 bits per heavy atom. The second-order valence-electron chi connectivity index (χ2n) is 3.53. The molecule has 72 valence electrons. The topological polar surface area (TPSA) is 25.7 Å². The first-order valence-corrected chi connectivity index (χ1v) is 4.99. The number of furan rings is 1. The van der Waals surface area contributed by atoms with E-state index in [1.807, 2.05) is 24.3 Å². The average Bonchev–Trinajstić information content (AvgIpc) is 2.84. The summed E-state index contributed by atoms with van der Waals surface area (Å²) >= 11 is 6.00. The van der Waals surface area contributed by atoms with Crippen LogP contribution in [0.4, 0.5) is 0 Å². The van der Waals surface area contributed by atoms with E-state index < -0.39 is 0 Å². The molecule has 0 bridgehead atoms. The molecule has 0 amide bonds. The fourth-order valence-corrected chi connectivity index (χ4v) is 1.81. The van der Waals surface area contributed by atoms with Gasteiger partial charge in [0.25, 0.3) is 0 Å². The van der Waals surface area contributed by atoms with Crippen LogP contribution in [0.3, 0.4) is 0 Å². The fourth-order valence-electron chi connectivity index (χ4n) is 1.59. The lowest BCUT2D eigenvalue weighted by molar-refractivity contribution is 0.392. The van der Waals surface area contributed by atoms with Gasteiger partial charge >= 0.3 is 0 Å². The lowest BCUT2D eigenvalue weighted by Gasteiger charge is -1.90. The molecule has 0 saturated carbocycles. The normalized spacial score (nSPS) is 20.2. The number of fused-ring (bicyclic) bond motifs is 1. The third-order valence-electron chi connectivity index (χ3n) is 2.38. The van der Waals surface area contributed by atoms with E-state index in [2.05, 4.69) is 0 Å². The Morgan fingerprint density at radius 3 is 3.00 bits per heavy atom. The van der Waals surface area contributed by atoms with Crippen LogP contribution in [0, 0.1) is 0 Å². The zero-order valence-corrected chi connectivity index (χ0v) is 8.25. The SMILES string of the molecule is Clc1cccc2cc(CC3CO3)oc12. The molecule has 2 heterocycles. The first-order chi connectivity index (χ1) is 6.83. The van der Waals surface area contributed by atoms with Gasteiger partial charge in [0.2, 0.25) is 0 Å². The van der Waals surface area contributed by atoms with E-state index in [1.54, 1.807) is 0 Å². The molecule has 2 aromatic rings. The van der Waals surface area contributed by atoms with Crippen molar-refractivity contribution in [3.8, 4) is 0 Å². The standard InChI is InChI=1S/C11H9ClO2/c12-10-3-1-2-7-4-8(14-11(7)10)5-9-6-13-9/h1-4,9H,5-6H2. The Balaban J connectivity index is 2.05. The molecule has 3 heteroatoms. The Kier molecular flexibility index (Phi) is 1.79. The average molecular weight is 209 g/mol. The summed E-state index contributed by atoms with van der Waals surface area (Å²) in [4.78, 5) is 0. The van der Waals surface area contributed by atoms with Gasteiger partial charge in [0.1, 0.15) is 5.76 Å². The number of epoxide rings is 1. The number of hydrogen-bond acceptors (Lipinski definition) is 2. The van der Waals surface area contributed by atoms with E-state index in [1.165, 1.54) is 0 Å². The van der Waals surface area contributed by atoms with E-state index in [9.17, 15) is 0 Å². The molecule has 1 saturated heterocycles. The van der Waals surface area contributed by atoms with Crippen molar-refractivity contribution in [1.82, 2.24) is 0 Å². The summed E-state index contributed by atoms with van der Waals surface area (Å²) in [5, 5.41) is 1.73. The second kappa shape index (κ2) is 3.01. The second-order valence-corrected chi connectivity index (χ2v) is 3.94. The van der Waals surface area contributed by atoms with Crippen molar-refractivity contribution in [3.63, 3.8) is 0 Å². The summed E-state index contributed by atoms with van der Waals surface area (Å²) < 4.78 is 10.8. The van der Waals surface area contributed by atoms with Crippen molar-refractivity contribution in [3.05, 3.63) is 35.0 Å². The number of para-hydroxylation sites is 1. The van der Waals surface area contributed by atoms with E-state index in [0.717, 1.165) is 29.8 Å². The van der Waals surface area contributed by atoms with Crippen LogP contribution in [0.25, 0.3) is 11.0 Å². The Hall–Kier alpha value is -0.990. The largest absolute Gasteiger partial charge is 0.459 e. The molecule has 14 heavy (non-hydrogen) atoms. The maximum absolute atomic E-state index is 6.00. The molecule has 1 aromatic heterocycles. The maximum Gasteiger partial charge on any atom is 0.152 e. The molecular formula is C11H9ClO2. The van der Waals surface area contributed by atoms with Crippen LogP contribution in [0.1, 0.15) is 5.76 Å². The van der Waals surface area contributed by atoms with Gasteiger partial charge in [0.15, 0.2) is 5.58 Å². The Morgan fingerprint density at radius 1 is 1.43 bits per heavy atom. The first kappa shape index (κ1) is 8.33. The molecule has 0 N–H and O–H groups in total. The number of benzene rings is 1. The van der Waals surface area contributed by atoms with Gasteiger partial charge < -0.3 is 9.15 Å². The van der Waals surface area contributed by atoms with Crippen molar-refractivity contribution >= 4 is 22.6 Å². The quantitative estimate of drug-likeness (QED) is 0.709. The van der Waals surface area contributed by atoms with Crippen LogP contribution in [-0.4, -0.2) is 12.7 Å². The summed E-state index contributed by atoms with van der Waals surface area (Å²) in [6.45, 7) is 0.852. The molecule has 1 aliphatic rings. The van der Waals surface area contributed by atoms with Gasteiger partial charge in [-0.25, -0.2) is 0 Å². The lowest BCUT2D eigenvalue weighted by atomic mass is 10.2. The third kappa shape index (κ3) is 1.41. The smallest absolute Gasteiger partial charge is 0.152 e. The maximum atomic E-state index is 6.00. The van der Waals surface area contributed by atoms with E-state index in [4.69, 9.17) is 20.8 Å². The number of halogens is 1. The molecule has 1 aromatic carbocycles. The van der Waals surface area contributed by atoms with Crippen molar-refractivity contribution < 1.29 is 9.15 Å². The van der Waals surface area contributed by atoms with Crippen LogP contribution in [-0.2, 0) is 11.2 Å². The van der Waals surface area contributed by atoms with Gasteiger partial charge in [-0.2, -0.15) is 0 Å². The minimum absolute atomic E-state index is 0.356. The van der Waals surface area contributed by atoms with Crippen LogP contribution in [0.5, 0.6) is 0 Å². The summed E-state index contributed by atoms with van der Waals surface area (Å²) in [5.74, 6) is 0.954. The van der Waals surface area contributed by atoms with E-state index in [0.29, 0.717) is 11.1 Å². The Labute approximate surface area is 86.4 Å². The molecular weight excluding hydrogens is 200 g/mol. The van der Waals surface area contributed by atoms with Crippen molar-refractivity contribution in [2.45, 2.75) is 12.5 Å². The zero-order chi connectivity index (χ0) is 9.54. The molecule has 0 aliphatic carbocycles. The van der Waals surface area contributed by atoms with Gasteiger partial charge in [-0.05, 0) is 12.1 Å². The summed E-state index contributed by atoms with van der Waals surface area (Å²) in [6.07, 6.45) is 1.21.